The van der Waals surface area contributed by atoms with Crippen molar-refractivity contribution < 1.29 is 19.1 Å². The smallest absolute Gasteiger partial charge is 0.407 e. The zero-order valence-electron chi connectivity index (χ0n) is 13.0. The Hall–Kier alpha value is -2.64. The molecule has 22 heavy (non-hydrogen) atoms. The monoisotopic (exact) mass is 308 g/mol. The zero-order chi connectivity index (χ0) is 16.8. The average molecular weight is 308 g/mol. The Balaban J connectivity index is 2.60. The molecule has 0 spiro atoms. The van der Waals surface area contributed by atoms with Crippen LogP contribution in [0.2, 0.25) is 0 Å². The summed E-state index contributed by atoms with van der Waals surface area (Å²) in [5, 5.41) is 2.56. The number of anilines is 1. The molecule has 0 atom stereocenters. The van der Waals surface area contributed by atoms with Crippen LogP contribution in [0.15, 0.2) is 12.3 Å². The molecule has 0 bridgehead atoms. The Morgan fingerprint density at radius 2 is 2.09 bits per heavy atom. The molecule has 0 saturated carbocycles. The van der Waals surface area contributed by atoms with Crippen molar-refractivity contribution in [1.82, 2.24) is 15.3 Å². The van der Waals surface area contributed by atoms with Crippen LogP contribution in [0, 0.1) is 0 Å². The van der Waals surface area contributed by atoms with Crippen LogP contribution in [0.3, 0.4) is 0 Å². The number of hydrogen-bond donors (Lipinski definition) is 2. The van der Waals surface area contributed by atoms with Crippen LogP contribution >= 0.6 is 0 Å². The van der Waals surface area contributed by atoms with Crippen LogP contribution < -0.4 is 11.1 Å². The maximum absolute atomic E-state index is 11.4. The van der Waals surface area contributed by atoms with Crippen molar-refractivity contribution in [3.05, 3.63) is 23.7 Å². The number of aromatic nitrogens is 2. The molecular formula is C14H20N4O4. The lowest BCUT2D eigenvalue weighted by atomic mass is 10.2. The minimum Gasteiger partial charge on any atom is -0.464 e. The van der Waals surface area contributed by atoms with E-state index in [2.05, 4.69) is 20.0 Å². The average Bonchev–Trinajstić information content (AvgIpc) is 2.42. The molecule has 1 rings (SSSR count). The molecule has 0 unspecified atom stereocenters. The fourth-order valence-corrected chi connectivity index (χ4v) is 1.38. The molecule has 0 aliphatic carbocycles. The van der Waals surface area contributed by atoms with Crippen LogP contribution in [0.5, 0.6) is 0 Å². The number of hydrogen-bond acceptors (Lipinski definition) is 7. The van der Waals surface area contributed by atoms with Crippen molar-refractivity contribution in [3.8, 4) is 0 Å². The highest BCUT2D eigenvalue weighted by Crippen LogP contribution is 2.09. The quantitative estimate of drug-likeness (QED) is 0.807. The number of methoxy groups -OCH3 is 1. The van der Waals surface area contributed by atoms with Gasteiger partial charge in [0, 0.05) is 6.54 Å². The molecule has 120 valence electrons. The third-order valence-corrected chi connectivity index (χ3v) is 2.25. The van der Waals surface area contributed by atoms with Gasteiger partial charge < -0.3 is 20.5 Å². The summed E-state index contributed by atoms with van der Waals surface area (Å²) in [6.07, 6.45) is 4.13. The number of alkyl carbamates (subject to hydrolysis) is 1. The van der Waals surface area contributed by atoms with E-state index in [9.17, 15) is 9.59 Å². The van der Waals surface area contributed by atoms with Gasteiger partial charge >= 0.3 is 12.1 Å². The lowest BCUT2D eigenvalue weighted by molar-refractivity contribution is 0.0532. The van der Waals surface area contributed by atoms with E-state index in [4.69, 9.17) is 10.5 Å². The van der Waals surface area contributed by atoms with E-state index < -0.39 is 17.7 Å². The first kappa shape index (κ1) is 17.4. The first-order valence-corrected chi connectivity index (χ1v) is 6.57. The van der Waals surface area contributed by atoms with Gasteiger partial charge in [-0.25, -0.2) is 19.6 Å². The molecule has 3 N–H and O–H groups in total. The summed E-state index contributed by atoms with van der Waals surface area (Å²) < 4.78 is 9.64. The standard InChI is InChI=1S/C14H20N4O4/c1-14(2,3)22-13(20)16-7-5-6-9-8-17-11(15)10(18-9)12(19)21-4/h5-6,8H,7H2,1-4H3,(H2,15,17)(H,16,20). The molecule has 1 amide bonds. The maximum Gasteiger partial charge on any atom is 0.407 e. The molecule has 0 aliphatic rings. The predicted molar refractivity (Wildman–Crippen MR) is 81.1 cm³/mol. The molecule has 1 heterocycles. The Labute approximate surface area is 128 Å². The molecule has 0 radical (unpaired) electrons. The zero-order valence-corrected chi connectivity index (χ0v) is 13.0. The molecular weight excluding hydrogens is 288 g/mol. The van der Waals surface area contributed by atoms with Crippen LogP contribution in [-0.2, 0) is 9.47 Å². The molecule has 0 saturated heterocycles. The molecule has 8 nitrogen and oxygen atoms in total. The summed E-state index contributed by atoms with van der Waals surface area (Å²) in [6.45, 7) is 5.58. The first-order chi connectivity index (χ1) is 10.2. The van der Waals surface area contributed by atoms with Crippen molar-refractivity contribution in [3.63, 3.8) is 0 Å². The number of nitrogen functional groups attached to an aromatic ring is 1. The highest BCUT2D eigenvalue weighted by molar-refractivity contribution is 5.91. The molecule has 0 aromatic carbocycles. The highest BCUT2D eigenvalue weighted by Gasteiger charge is 2.15. The van der Waals surface area contributed by atoms with E-state index in [0.29, 0.717) is 5.69 Å². The molecule has 0 fully saturated rings. The number of nitrogens with one attached hydrogen (secondary N) is 1. The highest BCUT2D eigenvalue weighted by atomic mass is 16.6. The van der Waals surface area contributed by atoms with Gasteiger partial charge in [0.15, 0.2) is 11.5 Å². The summed E-state index contributed by atoms with van der Waals surface area (Å²) >= 11 is 0. The van der Waals surface area contributed by atoms with Crippen molar-refractivity contribution in [2.24, 2.45) is 0 Å². The topological polar surface area (TPSA) is 116 Å². The van der Waals surface area contributed by atoms with Gasteiger partial charge in [0.2, 0.25) is 0 Å². The van der Waals surface area contributed by atoms with Crippen LogP contribution in [0.1, 0.15) is 37.0 Å². The van der Waals surface area contributed by atoms with Gasteiger partial charge in [0.05, 0.1) is 19.0 Å². The first-order valence-electron chi connectivity index (χ1n) is 6.57. The van der Waals surface area contributed by atoms with Gasteiger partial charge in [0.25, 0.3) is 0 Å². The van der Waals surface area contributed by atoms with Gasteiger partial charge in [-0.2, -0.15) is 0 Å². The predicted octanol–water partition coefficient (Wildman–Crippen LogP) is 1.38. The molecule has 1 aromatic rings. The number of esters is 1. The van der Waals surface area contributed by atoms with Crippen molar-refractivity contribution in [2.45, 2.75) is 26.4 Å². The Kier molecular flexibility index (Phi) is 5.85. The van der Waals surface area contributed by atoms with Gasteiger partial charge in [-0.1, -0.05) is 6.08 Å². The lowest BCUT2D eigenvalue weighted by Gasteiger charge is -2.19. The van der Waals surface area contributed by atoms with Crippen LogP contribution in [0.25, 0.3) is 6.08 Å². The van der Waals surface area contributed by atoms with Crippen molar-refractivity contribution >= 4 is 24.0 Å². The molecule has 0 aliphatic heterocycles. The minimum atomic E-state index is -0.660. The number of carbonyl (C=O) groups excluding carboxylic acids is 2. The number of carbonyl (C=O) groups is 2. The van der Waals surface area contributed by atoms with Crippen LogP contribution in [-0.4, -0.2) is 41.3 Å². The van der Waals surface area contributed by atoms with Gasteiger partial charge in [-0.15, -0.1) is 0 Å². The van der Waals surface area contributed by atoms with E-state index in [-0.39, 0.29) is 18.1 Å². The molecule has 8 heteroatoms. The second-order valence-electron chi connectivity index (χ2n) is 5.31. The third-order valence-electron chi connectivity index (χ3n) is 2.25. The van der Waals surface area contributed by atoms with E-state index in [1.807, 2.05) is 0 Å². The second kappa shape index (κ2) is 7.39. The van der Waals surface area contributed by atoms with Crippen molar-refractivity contribution in [1.29, 1.82) is 0 Å². The third kappa shape index (κ3) is 5.78. The second-order valence-corrected chi connectivity index (χ2v) is 5.31. The maximum atomic E-state index is 11.4. The van der Waals surface area contributed by atoms with E-state index in [1.165, 1.54) is 13.3 Å². The summed E-state index contributed by atoms with van der Waals surface area (Å²) in [4.78, 5) is 30.7. The van der Waals surface area contributed by atoms with E-state index in [1.54, 1.807) is 32.9 Å². The van der Waals surface area contributed by atoms with Crippen LogP contribution in [0.4, 0.5) is 10.6 Å². The minimum absolute atomic E-state index is 0.00381. The molecule has 1 aromatic heterocycles. The Morgan fingerprint density at radius 1 is 1.41 bits per heavy atom. The Bertz CT molecular complexity index is 579. The lowest BCUT2D eigenvalue weighted by Crippen LogP contribution is -2.32. The largest absolute Gasteiger partial charge is 0.464 e. The number of nitrogens with two attached hydrogens (primary N) is 1. The fourth-order valence-electron chi connectivity index (χ4n) is 1.38. The fraction of sp³-hybridized carbons (Fsp3) is 0.429. The summed E-state index contributed by atoms with van der Waals surface area (Å²) in [5.74, 6) is -0.664. The normalized spacial score (nSPS) is 11.3. The number of nitrogens with zero attached hydrogens (tertiary/aromatic N) is 2. The van der Waals surface area contributed by atoms with E-state index in [0.717, 1.165) is 0 Å². The Morgan fingerprint density at radius 3 is 2.68 bits per heavy atom. The van der Waals surface area contributed by atoms with Gasteiger partial charge in [-0.3, -0.25) is 0 Å². The SMILES string of the molecule is COC(=O)c1nc(C=CCNC(=O)OC(C)(C)C)cnc1N. The summed E-state index contributed by atoms with van der Waals surface area (Å²) in [6, 6.07) is 0. The number of amides is 1. The summed E-state index contributed by atoms with van der Waals surface area (Å²) in [7, 11) is 1.23. The number of ether oxygens (including phenoxy) is 2. The van der Waals surface area contributed by atoms with Crippen molar-refractivity contribution in [2.75, 3.05) is 19.4 Å². The summed E-state index contributed by atoms with van der Waals surface area (Å²) in [5.41, 5.74) is 5.36. The van der Waals surface area contributed by atoms with E-state index >= 15 is 0 Å². The van der Waals surface area contributed by atoms with Gasteiger partial charge in [0.1, 0.15) is 5.60 Å². The van der Waals surface area contributed by atoms with Gasteiger partial charge in [-0.05, 0) is 26.8 Å². The number of rotatable bonds is 4.